The largest absolute Gasteiger partial charge is 0.0654 e. The monoisotopic (exact) mass is 633 g/mol. The van der Waals surface area contributed by atoms with Crippen LogP contribution in [-0.2, 0) is 0 Å². The molecule has 45 heavy (non-hydrogen) atoms. The van der Waals surface area contributed by atoms with Gasteiger partial charge in [0, 0.05) is 0 Å². The van der Waals surface area contributed by atoms with Crippen LogP contribution in [0.3, 0.4) is 0 Å². The van der Waals surface area contributed by atoms with Crippen LogP contribution in [0.4, 0.5) is 0 Å². The Bertz CT molecular complexity index is 425. The predicted octanol–water partition coefficient (Wildman–Crippen LogP) is 17.8. The fourth-order valence-electron chi connectivity index (χ4n) is 7.39. The molecule has 0 heterocycles. The zero-order valence-electron chi connectivity index (χ0n) is 32.4. The molecule has 0 nitrogen and oxygen atoms in total. The maximum Gasteiger partial charge on any atom is -0.0533 e. The molecule has 0 saturated carbocycles. The lowest BCUT2D eigenvalue weighted by Crippen LogP contribution is -1.85. The third kappa shape index (κ3) is 44.0. The Hall–Kier alpha value is 0. The van der Waals surface area contributed by atoms with E-state index >= 15 is 0 Å². The molecule has 0 aromatic carbocycles. The highest BCUT2D eigenvalue weighted by atomic mass is 14.0. The van der Waals surface area contributed by atoms with Crippen molar-refractivity contribution in [3.63, 3.8) is 0 Å². The minimum atomic E-state index is 1.37. The van der Waals surface area contributed by atoms with Crippen molar-refractivity contribution in [1.82, 2.24) is 0 Å². The van der Waals surface area contributed by atoms with Gasteiger partial charge in [-0.2, -0.15) is 0 Å². The summed E-state index contributed by atoms with van der Waals surface area (Å²) in [5.74, 6) is 0. The number of rotatable bonds is 42. The molecular weight excluding hydrogens is 540 g/mol. The van der Waals surface area contributed by atoms with Gasteiger partial charge in [0.2, 0.25) is 0 Å². The first kappa shape index (κ1) is 45.0. The van der Waals surface area contributed by atoms with Crippen molar-refractivity contribution in [3.05, 3.63) is 0 Å². The molecule has 0 spiro atoms. The van der Waals surface area contributed by atoms with Gasteiger partial charge in [-0.15, -0.1) is 0 Å². The van der Waals surface area contributed by atoms with Crippen LogP contribution < -0.4 is 0 Å². The molecule has 0 aliphatic carbocycles. The van der Waals surface area contributed by atoms with Gasteiger partial charge in [-0.05, 0) is 0 Å². The summed E-state index contributed by atoms with van der Waals surface area (Å²) in [6, 6.07) is 0. The molecule has 0 bridgehead atoms. The molecule has 0 saturated heterocycles. The van der Waals surface area contributed by atoms with Gasteiger partial charge in [0.25, 0.3) is 0 Å². The van der Waals surface area contributed by atoms with Gasteiger partial charge >= 0.3 is 0 Å². The van der Waals surface area contributed by atoms with Gasteiger partial charge in [0.15, 0.2) is 0 Å². The highest BCUT2D eigenvalue weighted by Crippen LogP contribution is 2.18. The Morgan fingerprint density at radius 1 is 0.111 bits per heavy atom. The summed E-state index contributed by atoms with van der Waals surface area (Å²) in [7, 11) is 0. The predicted molar refractivity (Wildman–Crippen MR) is 210 cm³/mol. The standard InChI is InChI=1S/C45H92/c1-3-5-7-9-11-13-15-17-19-21-23-25-27-29-31-33-35-37-39-41-43-45-44-42-40-38-36-34-32-30-28-26-24-22-20-18-16-14-12-10-8-6-4-2/h3-45H2,1-2H3. The van der Waals surface area contributed by atoms with Crippen LogP contribution >= 0.6 is 0 Å². The van der Waals surface area contributed by atoms with Crippen molar-refractivity contribution in [2.75, 3.05) is 0 Å². The quantitative estimate of drug-likeness (QED) is 0.0587. The summed E-state index contributed by atoms with van der Waals surface area (Å²) in [5, 5.41) is 0. The van der Waals surface area contributed by atoms with E-state index in [1.807, 2.05) is 0 Å². The summed E-state index contributed by atoms with van der Waals surface area (Å²) in [6.07, 6.45) is 63.9. The lowest BCUT2D eigenvalue weighted by molar-refractivity contribution is 0.509. The second-order valence-corrected chi connectivity index (χ2v) is 15.5. The molecule has 0 radical (unpaired) electrons. The maximum absolute atomic E-state index is 2.31. The van der Waals surface area contributed by atoms with Crippen LogP contribution in [0, 0.1) is 0 Å². The minimum absolute atomic E-state index is 1.37. The lowest BCUT2D eigenvalue weighted by Gasteiger charge is -2.05. The molecular formula is C45H92. The van der Waals surface area contributed by atoms with Crippen molar-refractivity contribution in [1.29, 1.82) is 0 Å². The van der Waals surface area contributed by atoms with E-state index in [2.05, 4.69) is 13.8 Å². The zero-order valence-corrected chi connectivity index (χ0v) is 32.4. The molecule has 0 aliphatic heterocycles. The first-order chi connectivity index (χ1) is 22.4. The van der Waals surface area contributed by atoms with Crippen molar-refractivity contribution in [3.8, 4) is 0 Å². The highest BCUT2D eigenvalue weighted by Gasteiger charge is 1.98. The first-order valence-corrected chi connectivity index (χ1v) is 22.4. The van der Waals surface area contributed by atoms with E-state index in [1.165, 1.54) is 276 Å². The van der Waals surface area contributed by atoms with Crippen molar-refractivity contribution < 1.29 is 0 Å². The molecule has 0 rings (SSSR count). The Morgan fingerprint density at radius 3 is 0.244 bits per heavy atom. The molecule has 0 heteroatoms. The van der Waals surface area contributed by atoms with Gasteiger partial charge in [-0.3, -0.25) is 0 Å². The Labute approximate surface area is 289 Å². The molecule has 272 valence electrons. The van der Waals surface area contributed by atoms with E-state index in [0.717, 1.165) is 0 Å². The smallest absolute Gasteiger partial charge is 0.0533 e. The van der Waals surface area contributed by atoms with Crippen LogP contribution in [0.5, 0.6) is 0 Å². The fraction of sp³-hybridized carbons (Fsp3) is 1.00. The van der Waals surface area contributed by atoms with Crippen LogP contribution in [0.1, 0.15) is 290 Å². The minimum Gasteiger partial charge on any atom is -0.0654 e. The summed E-state index contributed by atoms with van der Waals surface area (Å²) in [5.41, 5.74) is 0. The third-order valence-corrected chi connectivity index (χ3v) is 10.7. The Kier molecular flexibility index (Phi) is 44.0. The topological polar surface area (TPSA) is 0 Å². The average Bonchev–Trinajstić information content (AvgIpc) is 3.05. The highest BCUT2D eigenvalue weighted by molar-refractivity contribution is 4.54. The summed E-state index contributed by atoms with van der Waals surface area (Å²) in [6.45, 7) is 4.62. The molecule has 0 fully saturated rings. The third-order valence-electron chi connectivity index (χ3n) is 10.7. The summed E-state index contributed by atoms with van der Waals surface area (Å²) < 4.78 is 0. The Balaban J connectivity index is 3.03. The van der Waals surface area contributed by atoms with E-state index < -0.39 is 0 Å². The number of unbranched alkanes of at least 4 members (excludes halogenated alkanes) is 42. The van der Waals surface area contributed by atoms with Gasteiger partial charge in [-0.1, -0.05) is 290 Å². The van der Waals surface area contributed by atoms with E-state index in [4.69, 9.17) is 0 Å². The number of hydrogen-bond acceptors (Lipinski definition) is 0. The lowest BCUT2D eigenvalue weighted by atomic mass is 10.0. The molecule has 0 aromatic heterocycles. The maximum atomic E-state index is 2.31. The normalized spacial score (nSPS) is 11.6. The zero-order chi connectivity index (χ0) is 32.4. The summed E-state index contributed by atoms with van der Waals surface area (Å²) in [4.78, 5) is 0. The van der Waals surface area contributed by atoms with Gasteiger partial charge in [0.05, 0.1) is 0 Å². The Morgan fingerprint density at radius 2 is 0.178 bits per heavy atom. The van der Waals surface area contributed by atoms with Gasteiger partial charge in [-0.25, -0.2) is 0 Å². The number of hydrogen-bond donors (Lipinski definition) is 0. The fourth-order valence-corrected chi connectivity index (χ4v) is 7.39. The van der Waals surface area contributed by atoms with Gasteiger partial charge < -0.3 is 0 Å². The molecule has 0 aromatic rings. The molecule has 0 unspecified atom stereocenters. The SMILES string of the molecule is CCCCCCCCCCCCCCCCCCCCCCCCCCCCCCCCCCCCCCCCCCCCC. The second kappa shape index (κ2) is 44.0. The molecule has 0 N–H and O–H groups in total. The molecule has 0 atom stereocenters. The van der Waals surface area contributed by atoms with Crippen LogP contribution in [0.2, 0.25) is 0 Å². The average molecular weight is 633 g/mol. The second-order valence-electron chi connectivity index (χ2n) is 15.5. The van der Waals surface area contributed by atoms with Crippen LogP contribution in [-0.4, -0.2) is 0 Å². The summed E-state index contributed by atoms with van der Waals surface area (Å²) >= 11 is 0. The van der Waals surface area contributed by atoms with Crippen LogP contribution in [0.25, 0.3) is 0 Å². The van der Waals surface area contributed by atoms with Crippen molar-refractivity contribution in [2.24, 2.45) is 0 Å². The van der Waals surface area contributed by atoms with Gasteiger partial charge in [0.1, 0.15) is 0 Å². The van der Waals surface area contributed by atoms with E-state index in [9.17, 15) is 0 Å². The van der Waals surface area contributed by atoms with E-state index in [1.54, 1.807) is 0 Å². The van der Waals surface area contributed by atoms with E-state index in [-0.39, 0.29) is 0 Å². The molecule has 0 aliphatic rings. The van der Waals surface area contributed by atoms with Crippen LogP contribution in [0.15, 0.2) is 0 Å². The van der Waals surface area contributed by atoms with Crippen molar-refractivity contribution >= 4 is 0 Å². The molecule has 0 amide bonds. The van der Waals surface area contributed by atoms with E-state index in [0.29, 0.717) is 0 Å². The van der Waals surface area contributed by atoms with Crippen molar-refractivity contribution in [2.45, 2.75) is 290 Å². The first-order valence-electron chi connectivity index (χ1n) is 22.4.